The lowest BCUT2D eigenvalue weighted by Crippen LogP contribution is -2.29. The van der Waals surface area contributed by atoms with Gasteiger partial charge in [0, 0.05) is 13.0 Å². The summed E-state index contributed by atoms with van der Waals surface area (Å²) in [5, 5.41) is 12.1. The molecule has 4 nitrogen and oxygen atoms in total. The van der Waals surface area contributed by atoms with E-state index in [0.717, 1.165) is 30.7 Å². The standard InChI is InChI=1S/C14H22N2.C9H10O2.C2H6/c1-15-11-12-4-3-5-14(10-12)13-6-8-16(2)9-7-13;10-7-1-2-8-3-5-9(11)6-4-8;1-2/h3-5,10,13,15H,6-9,11H2,1-2H3;3-7,11H,1-2H2;1-2H3. The average molecular weight is 399 g/mol. The highest BCUT2D eigenvalue weighted by molar-refractivity contribution is 5.50. The summed E-state index contributed by atoms with van der Waals surface area (Å²) in [5.41, 5.74) is 4.01. The number of hydrogen-bond acceptors (Lipinski definition) is 4. The second-order valence-electron chi connectivity index (χ2n) is 7.22. The lowest BCUT2D eigenvalue weighted by Gasteiger charge is -2.29. The number of phenolic OH excluding ortho intramolecular Hbond substituents is 1. The van der Waals surface area contributed by atoms with Crippen LogP contribution in [0.4, 0.5) is 0 Å². The van der Waals surface area contributed by atoms with Crippen LogP contribution in [-0.4, -0.2) is 43.5 Å². The van der Waals surface area contributed by atoms with E-state index in [1.165, 1.54) is 37.1 Å². The van der Waals surface area contributed by atoms with E-state index in [4.69, 9.17) is 5.11 Å². The van der Waals surface area contributed by atoms with Crippen molar-refractivity contribution in [1.29, 1.82) is 0 Å². The van der Waals surface area contributed by atoms with Crippen molar-refractivity contribution in [3.63, 3.8) is 0 Å². The molecule has 0 spiro atoms. The maximum atomic E-state index is 10.00. The second kappa shape index (κ2) is 14.8. The molecule has 0 radical (unpaired) electrons. The third-order valence-electron chi connectivity index (χ3n) is 5.01. The van der Waals surface area contributed by atoms with Gasteiger partial charge in [0.05, 0.1) is 0 Å². The van der Waals surface area contributed by atoms with E-state index < -0.39 is 0 Å². The fourth-order valence-corrected chi connectivity index (χ4v) is 3.39. The van der Waals surface area contributed by atoms with Gasteiger partial charge in [-0.2, -0.15) is 0 Å². The van der Waals surface area contributed by atoms with E-state index in [0.29, 0.717) is 6.42 Å². The van der Waals surface area contributed by atoms with Gasteiger partial charge < -0.3 is 20.1 Å². The van der Waals surface area contributed by atoms with Gasteiger partial charge in [-0.3, -0.25) is 0 Å². The van der Waals surface area contributed by atoms with Crippen molar-refractivity contribution in [3.05, 3.63) is 65.2 Å². The molecule has 0 saturated carbocycles. The number of carbonyl (C=O) groups excluding carboxylic acids is 1. The molecule has 0 bridgehead atoms. The van der Waals surface area contributed by atoms with Crippen LogP contribution in [0.2, 0.25) is 0 Å². The summed E-state index contributed by atoms with van der Waals surface area (Å²) in [6.07, 6.45) is 4.81. The molecular formula is C25H38N2O2. The third kappa shape index (κ3) is 9.73. The first-order valence-corrected chi connectivity index (χ1v) is 10.8. The van der Waals surface area contributed by atoms with Crippen molar-refractivity contribution in [2.45, 2.75) is 52.0 Å². The number of benzene rings is 2. The normalized spacial score (nSPS) is 14.2. The monoisotopic (exact) mass is 398 g/mol. The van der Waals surface area contributed by atoms with Crippen molar-refractivity contribution < 1.29 is 9.90 Å². The van der Waals surface area contributed by atoms with Gasteiger partial charge in [0.15, 0.2) is 0 Å². The third-order valence-corrected chi connectivity index (χ3v) is 5.01. The molecule has 0 unspecified atom stereocenters. The molecule has 0 atom stereocenters. The summed E-state index contributed by atoms with van der Waals surface area (Å²) < 4.78 is 0. The van der Waals surface area contributed by atoms with Crippen LogP contribution in [0.15, 0.2) is 48.5 Å². The molecule has 1 heterocycles. The fourth-order valence-electron chi connectivity index (χ4n) is 3.39. The lowest BCUT2D eigenvalue weighted by atomic mass is 9.89. The number of carbonyl (C=O) groups is 1. The van der Waals surface area contributed by atoms with E-state index in [1.54, 1.807) is 12.1 Å². The zero-order chi connectivity index (χ0) is 21.5. The highest BCUT2D eigenvalue weighted by Gasteiger charge is 2.18. The summed E-state index contributed by atoms with van der Waals surface area (Å²) in [5.74, 6) is 1.04. The quantitative estimate of drug-likeness (QED) is 0.689. The van der Waals surface area contributed by atoms with Crippen molar-refractivity contribution >= 4 is 6.29 Å². The first-order valence-electron chi connectivity index (χ1n) is 10.8. The van der Waals surface area contributed by atoms with Crippen molar-refractivity contribution in [2.75, 3.05) is 27.2 Å². The zero-order valence-corrected chi connectivity index (χ0v) is 18.5. The first kappa shape index (κ1) is 24.9. The molecule has 160 valence electrons. The Morgan fingerprint density at radius 3 is 2.31 bits per heavy atom. The van der Waals surface area contributed by atoms with Gasteiger partial charge in [0.1, 0.15) is 12.0 Å². The summed E-state index contributed by atoms with van der Waals surface area (Å²) in [4.78, 5) is 12.4. The Bertz CT molecular complexity index is 677. The predicted molar refractivity (Wildman–Crippen MR) is 123 cm³/mol. The van der Waals surface area contributed by atoms with E-state index in [9.17, 15) is 4.79 Å². The molecule has 2 aromatic carbocycles. The zero-order valence-electron chi connectivity index (χ0n) is 18.5. The maximum absolute atomic E-state index is 10.00. The molecule has 29 heavy (non-hydrogen) atoms. The van der Waals surface area contributed by atoms with Gasteiger partial charge in [-0.05, 0) is 81.2 Å². The fraction of sp³-hybridized carbons (Fsp3) is 0.480. The van der Waals surface area contributed by atoms with Crippen molar-refractivity contribution in [1.82, 2.24) is 10.2 Å². The second-order valence-corrected chi connectivity index (χ2v) is 7.22. The number of nitrogens with one attached hydrogen (secondary N) is 1. The molecule has 1 aliphatic rings. The molecule has 0 aliphatic carbocycles. The Hall–Kier alpha value is -2.17. The summed E-state index contributed by atoms with van der Waals surface area (Å²) in [6, 6.07) is 15.9. The van der Waals surface area contributed by atoms with Crippen LogP contribution in [-0.2, 0) is 17.8 Å². The van der Waals surface area contributed by atoms with Gasteiger partial charge >= 0.3 is 0 Å². The minimum atomic E-state index is 0.264. The molecule has 3 rings (SSSR count). The van der Waals surface area contributed by atoms with Gasteiger partial charge in [-0.15, -0.1) is 0 Å². The van der Waals surface area contributed by atoms with E-state index in [-0.39, 0.29) is 5.75 Å². The van der Waals surface area contributed by atoms with Crippen molar-refractivity contribution in [2.24, 2.45) is 0 Å². The van der Waals surface area contributed by atoms with Gasteiger partial charge in [-0.1, -0.05) is 50.2 Å². The molecule has 4 heteroatoms. The molecule has 1 aliphatic heterocycles. The largest absolute Gasteiger partial charge is 0.508 e. The molecule has 1 saturated heterocycles. The predicted octanol–water partition coefficient (Wildman–Crippen LogP) is 4.77. The number of rotatable bonds is 6. The highest BCUT2D eigenvalue weighted by Crippen LogP contribution is 2.27. The Balaban J connectivity index is 0.000000284. The topological polar surface area (TPSA) is 52.6 Å². The molecule has 0 amide bonds. The van der Waals surface area contributed by atoms with Crippen LogP contribution in [0.5, 0.6) is 5.75 Å². The smallest absolute Gasteiger partial charge is 0.120 e. The molecule has 0 aromatic heterocycles. The van der Waals surface area contributed by atoms with Gasteiger partial charge in [0.2, 0.25) is 0 Å². The molecular weight excluding hydrogens is 360 g/mol. The van der Waals surface area contributed by atoms with Crippen LogP contribution in [0.1, 0.15) is 55.7 Å². The number of aldehydes is 1. The van der Waals surface area contributed by atoms with Crippen LogP contribution < -0.4 is 5.32 Å². The van der Waals surface area contributed by atoms with Crippen LogP contribution in [0.3, 0.4) is 0 Å². The number of phenols is 1. The number of likely N-dealkylation sites (tertiary alicyclic amines) is 1. The van der Waals surface area contributed by atoms with Crippen LogP contribution >= 0.6 is 0 Å². The molecule has 2 N–H and O–H groups in total. The lowest BCUT2D eigenvalue weighted by molar-refractivity contribution is -0.107. The first-order chi connectivity index (χ1) is 14.1. The summed E-state index contributed by atoms with van der Waals surface area (Å²) in [7, 11) is 4.22. The number of hydrogen-bond donors (Lipinski definition) is 2. The Labute approximate surface area is 177 Å². The van der Waals surface area contributed by atoms with E-state index in [1.807, 2.05) is 33.0 Å². The Morgan fingerprint density at radius 2 is 1.72 bits per heavy atom. The molecule has 1 fully saturated rings. The average Bonchev–Trinajstić information content (AvgIpc) is 2.76. The SMILES string of the molecule is CC.CNCc1cccc(C2CCN(C)CC2)c1.O=CCCc1ccc(O)cc1. The van der Waals surface area contributed by atoms with Gasteiger partial charge in [-0.25, -0.2) is 0 Å². The summed E-state index contributed by atoms with van der Waals surface area (Å²) >= 11 is 0. The van der Waals surface area contributed by atoms with E-state index >= 15 is 0 Å². The minimum Gasteiger partial charge on any atom is -0.508 e. The molecule has 2 aromatic rings. The number of piperidine rings is 1. The minimum absolute atomic E-state index is 0.264. The number of aryl methyl sites for hydroxylation is 1. The van der Waals surface area contributed by atoms with Crippen molar-refractivity contribution in [3.8, 4) is 5.75 Å². The number of nitrogens with zero attached hydrogens (tertiary/aromatic N) is 1. The van der Waals surface area contributed by atoms with E-state index in [2.05, 4.69) is 41.5 Å². The van der Waals surface area contributed by atoms with Crippen LogP contribution in [0.25, 0.3) is 0 Å². The highest BCUT2D eigenvalue weighted by atomic mass is 16.3. The summed E-state index contributed by atoms with van der Waals surface area (Å²) in [6.45, 7) is 7.45. The Kier molecular flexibility index (Phi) is 12.7. The Morgan fingerprint density at radius 1 is 1.07 bits per heavy atom. The maximum Gasteiger partial charge on any atom is 0.120 e. The van der Waals surface area contributed by atoms with Gasteiger partial charge in [0.25, 0.3) is 0 Å². The number of aromatic hydroxyl groups is 1. The van der Waals surface area contributed by atoms with Crippen LogP contribution in [0, 0.1) is 0 Å².